The summed E-state index contributed by atoms with van der Waals surface area (Å²) in [5, 5.41) is 0. The molecule has 0 rings (SSSR count). The molecule has 0 bridgehead atoms. The van der Waals surface area contributed by atoms with E-state index in [0.717, 1.165) is 0 Å². The van der Waals surface area contributed by atoms with E-state index in [-0.39, 0.29) is 17.5 Å². The average molecular weight is 316 g/mol. The summed E-state index contributed by atoms with van der Waals surface area (Å²) in [6, 6.07) is 0. The minimum Gasteiger partial charge on any atom is -0.454 e. The van der Waals surface area contributed by atoms with Crippen LogP contribution < -0.4 is 0 Å². The fraction of sp³-hybridized carbons (Fsp3) is 0.571. The Hall–Kier alpha value is -0.230. The van der Waals surface area contributed by atoms with Crippen LogP contribution in [0.4, 0.5) is 0 Å². The molecule has 4 nitrogen and oxygen atoms in total. The average Bonchev–Trinajstić information content (AvgIpc) is 1.96. The lowest BCUT2D eigenvalue weighted by atomic mass is 10.2. The predicted molar refractivity (Wildman–Crippen MR) is 52.7 cm³/mol. The van der Waals surface area contributed by atoms with Gasteiger partial charge in [-0.05, 0) is 31.9 Å². The standard InChI is InChI=1S/C7H8Br2O4/c1-4(10)13-5(7(9)12)2-3-6(8)11/h5H,2-3H2,1H3. The van der Waals surface area contributed by atoms with Crippen LogP contribution in [0.25, 0.3) is 0 Å². The molecule has 1 atom stereocenters. The number of hydrogen-bond acceptors (Lipinski definition) is 4. The summed E-state index contributed by atoms with van der Waals surface area (Å²) < 4.78 is 4.00. The van der Waals surface area contributed by atoms with Crippen molar-refractivity contribution in [3.05, 3.63) is 0 Å². The van der Waals surface area contributed by atoms with Gasteiger partial charge in [0.2, 0.25) is 4.69 Å². The Morgan fingerprint density at radius 3 is 2.15 bits per heavy atom. The van der Waals surface area contributed by atoms with Gasteiger partial charge in [0.25, 0.3) is 0 Å². The zero-order valence-corrected chi connectivity index (χ0v) is 10.1. The van der Waals surface area contributed by atoms with Crippen LogP contribution in [0.5, 0.6) is 0 Å². The highest BCUT2D eigenvalue weighted by atomic mass is 79.9. The van der Waals surface area contributed by atoms with Crippen LogP contribution in [0, 0.1) is 0 Å². The summed E-state index contributed by atoms with van der Waals surface area (Å²) in [6.07, 6.45) is -0.540. The van der Waals surface area contributed by atoms with E-state index in [0.29, 0.717) is 0 Å². The molecule has 0 saturated carbocycles. The van der Waals surface area contributed by atoms with Crippen LogP contribution in [-0.4, -0.2) is 21.5 Å². The number of hydrogen-bond donors (Lipinski definition) is 0. The first kappa shape index (κ1) is 12.8. The maximum absolute atomic E-state index is 10.8. The molecule has 0 spiro atoms. The molecule has 0 amide bonds. The maximum Gasteiger partial charge on any atom is 0.303 e. The van der Waals surface area contributed by atoms with Crippen molar-refractivity contribution in [1.29, 1.82) is 0 Å². The van der Waals surface area contributed by atoms with E-state index in [1.807, 2.05) is 0 Å². The Morgan fingerprint density at radius 1 is 1.31 bits per heavy atom. The van der Waals surface area contributed by atoms with Crippen LogP contribution in [0.1, 0.15) is 19.8 Å². The number of rotatable bonds is 5. The number of ether oxygens (including phenoxy) is 1. The third-order valence-electron chi connectivity index (χ3n) is 1.16. The van der Waals surface area contributed by atoms with Crippen LogP contribution in [0.3, 0.4) is 0 Å². The Morgan fingerprint density at radius 2 is 1.85 bits per heavy atom. The smallest absolute Gasteiger partial charge is 0.303 e. The minimum atomic E-state index is -0.876. The van der Waals surface area contributed by atoms with Gasteiger partial charge in [-0.25, -0.2) is 0 Å². The summed E-state index contributed by atoms with van der Waals surface area (Å²) in [5.74, 6) is -0.542. The largest absolute Gasteiger partial charge is 0.454 e. The number of carbonyl (C=O) groups is 3. The Bertz CT molecular complexity index is 227. The van der Waals surface area contributed by atoms with Crippen LogP contribution in [-0.2, 0) is 19.1 Å². The minimum absolute atomic E-state index is 0.148. The van der Waals surface area contributed by atoms with Crippen molar-refractivity contribution in [3.8, 4) is 0 Å². The van der Waals surface area contributed by atoms with E-state index in [1.165, 1.54) is 6.92 Å². The van der Waals surface area contributed by atoms with E-state index < -0.39 is 16.8 Å². The molecular weight excluding hydrogens is 308 g/mol. The fourth-order valence-corrected chi connectivity index (χ4v) is 1.21. The number of carbonyl (C=O) groups excluding carboxylic acids is 3. The first-order valence-corrected chi connectivity index (χ1v) is 5.07. The highest BCUT2D eigenvalue weighted by molar-refractivity contribution is 9.18. The maximum atomic E-state index is 10.8. The third kappa shape index (κ3) is 6.89. The predicted octanol–water partition coefficient (Wildman–Crippen LogP) is 1.54. The summed E-state index contributed by atoms with van der Waals surface area (Å²) in [7, 11) is 0. The van der Waals surface area contributed by atoms with Gasteiger partial charge in [-0.15, -0.1) is 0 Å². The second kappa shape index (κ2) is 6.26. The zero-order valence-electron chi connectivity index (χ0n) is 6.88. The molecule has 0 radical (unpaired) electrons. The van der Waals surface area contributed by atoms with Crippen molar-refractivity contribution in [2.45, 2.75) is 25.9 Å². The van der Waals surface area contributed by atoms with E-state index in [1.54, 1.807) is 0 Å². The van der Waals surface area contributed by atoms with Gasteiger partial charge in [-0.2, -0.15) is 0 Å². The summed E-state index contributed by atoms with van der Waals surface area (Å²) in [4.78, 5) is 31.8. The molecule has 0 aliphatic rings. The van der Waals surface area contributed by atoms with Crippen LogP contribution >= 0.6 is 31.9 Å². The first-order chi connectivity index (χ1) is 5.93. The van der Waals surface area contributed by atoms with E-state index >= 15 is 0 Å². The lowest BCUT2D eigenvalue weighted by Gasteiger charge is -2.10. The normalized spacial score (nSPS) is 11.9. The first-order valence-electron chi connectivity index (χ1n) is 3.48. The number of halogens is 2. The zero-order chi connectivity index (χ0) is 10.4. The molecule has 0 fully saturated rings. The van der Waals surface area contributed by atoms with Crippen molar-refractivity contribution in [2.24, 2.45) is 0 Å². The monoisotopic (exact) mass is 314 g/mol. The van der Waals surface area contributed by atoms with Gasteiger partial charge < -0.3 is 4.74 Å². The third-order valence-corrected chi connectivity index (χ3v) is 2.07. The quantitative estimate of drug-likeness (QED) is 0.570. The summed E-state index contributed by atoms with van der Waals surface area (Å²) >= 11 is 5.39. The Labute approximate surface area is 92.3 Å². The molecule has 0 aromatic rings. The molecule has 74 valence electrons. The van der Waals surface area contributed by atoms with Crippen LogP contribution in [0.2, 0.25) is 0 Å². The van der Waals surface area contributed by atoms with Crippen molar-refractivity contribution in [1.82, 2.24) is 0 Å². The molecule has 0 aliphatic heterocycles. The number of esters is 1. The second-order valence-electron chi connectivity index (χ2n) is 2.30. The van der Waals surface area contributed by atoms with Crippen LogP contribution in [0.15, 0.2) is 0 Å². The molecule has 0 aromatic carbocycles. The Balaban J connectivity index is 4.02. The van der Waals surface area contributed by atoms with Gasteiger partial charge in [0, 0.05) is 19.8 Å². The fourth-order valence-electron chi connectivity index (χ4n) is 0.664. The Kier molecular flexibility index (Phi) is 6.15. The van der Waals surface area contributed by atoms with Crippen molar-refractivity contribution in [3.63, 3.8) is 0 Å². The second-order valence-corrected chi connectivity index (χ2v) is 3.96. The van der Waals surface area contributed by atoms with Gasteiger partial charge in [0.05, 0.1) is 0 Å². The molecule has 0 aromatic heterocycles. The molecule has 0 heterocycles. The molecule has 0 aliphatic carbocycles. The highest BCUT2D eigenvalue weighted by Gasteiger charge is 2.19. The molecule has 6 heteroatoms. The van der Waals surface area contributed by atoms with Crippen molar-refractivity contribution < 1.29 is 19.1 Å². The lowest BCUT2D eigenvalue weighted by Crippen LogP contribution is -2.22. The van der Waals surface area contributed by atoms with E-state index in [2.05, 4.69) is 36.6 Å². The van der Waals surface area contributed by atoms with E-state index in [9.17, 15) is 14.4 Å². The summed E-state index contributed by atoms with van der Waals surface area (Å²) in [5.41, 5.74) is 0. The lowest BCUT2D eigenvalue weighted by molar-refractivity contribution is -0.150. The molecule has 13 heavy (non-hydrogen) atoms. The van der Waals surface area contributed by atoms with Gasteiger partial charge in [0.1, 0.15) is 0 Å². The van der Waals surface area contributed by atoms with Crippen molar-refractivity contribution >= 4 is 47.2 Å². The van der Waals surface area contributed by atoms with Crippen molar-refractivity contribution in [2.75, 3.05) is 0 Å². The molecule has 0 N–H and O–H groups in total. The topological polar surface area (TPSA) is 60.4 Å². The van der Waals surface area contributed by atoms with E-state index in [4.69, 9.17) is 0 Å². The molecule has 1 unspecified atom stereocenters. The van der Waals surface area contributed by atoms with Gasteiger partial charge >= 0.3 is 5.97 Å². The molecular formula is C7H8Br2O4. The van der Waals surface area contributed by atoms with Gasteiger partial charge in [0.15, 0.2) is 10.8 Å². The summed E-state index contributed by atoms with van der Waals surface area (Å²) in [6.45, 7) is 1.21. The SMILES string of the molecule is CC(=O)OC(CCC(=O)Br)C(=O)Br. The molecule has 0 saturated heterocycles. The van der Waals surface area contributed by atoms with Gasteiger partial charge in [-0.1, -0.05) is 0 Å². The highest BCUT2D eigenvalue weighted by Crippen LogP contribution is 2.10. The van der Waals surface area contributed by atoms with Gasteiger partial charge in [-0.3, -0.25) is 14.4 Å².